The van der Waals surface area contributed by atoms with Crippen molar-refractivity contribution in [3.63, 3.8) is 0 Å². The number of hydrogen-bond donors (Lipinski definition) is 1. The smallest absolute Gasteiger partial charge is 0.316 e. The molecule has 0 amide bonds. The van der Waals surface area contributed by atoms with Crippen LogP contribution in [0.4, 0.5) is 4.39 Å². The van der Waals surface area contributed by atoms with Gasteiger partial charge < -0.3 is 4.74 Å². The molecule has 1 N–H and O–H groups in total. The second kappa shape index (κ2) is 6.33. The summed E-state index contributed by atoms with van der Waals surface area (Å²) in [5, 5.41) is 6.94. The number of aromatic amines is 1. The quantitative estimate of drug-likeness (QED) is 0.672. The van der Waals surface area contributed by atoms with Crippen LogP contribution in [-0.2, 0) is 9.53 Å². The van der Waals surface area contributed by atoms with Crippen molar-refractivity contribution in [3.8, 4) is 11.4 Å². The van der Waals surface area contributed by atoms with Crippen LogP contribution in [0.15, 0.2) is 29.4 Å². The van der Waals surface area contributed by atoms with Gasteiger partial charge in [0, 0.05) is 0 Å². The summed E-state index contributed by atoms with van der Waals surface area (Å²) in [7, 11) is 0. The molecule has 0 radical (unpaired) electrons. The fourth-order valence-corrected chi connectivity index (χ4v) is 2.01. The van der Waals surface area contributed by atoms with E-state index in [1.165, 1.54) is 6.07 Å². The number of ether oxygens (including phenoxy) is 1. The van der Waals surface area contributed by atoms with Crippen molar-refractivity contribution in [1.29, 1.82) is 0 Å². The highest BCUT2D eigenvalue weighted by Gasteiger charge is 2.11. The van der Waals surface area contributed by atoms with Gasteiger partial charge in [0.05, 0.1) is 17.9 Å². The molecule has 7 heteroatoms. The number of thioether (sulfide) groups is 1. The van der Waals surface area contributed by atoms with Crippen LogP contribution in [0.3, 0.4) is 0 Å². The van der Waals surface area contributed by atoms with Crippen molar-refractivity contribution in [2.45, 2.75) is 12.1 Å². The Kier molecular flexibility index (Phi) is 4.51. The van der Waals surface area contributed by atoms with Crippen LogP contribution in [0.25, 0.3) is 11.4 Å². The van der Waals surface area contributed by atoms with Gasteiger partial charge in [-0.25, -0.2) is 9.37 Å². The molecule has 100 valence electrons. The zero-order chi connectivity index (χ0) is 13.7. The molecule has 0 saturated carbocycles. The lowest BCUT2D eigenvalue weighted by Crippen LogP contribution is -2.06. The van der Waals surface area contributed by atoms with E-state index in [1.807, 2.05) is 0 Å². The molecule has 0 saturated heterocycles. The third-order valence-electron chi connectivity index (χ3n) is 2.22. The maximum absolute atomic E-state index is 13.5. The van der Waals surface area contributed by atoms with Gasteiger partial charge in [0.25, 0.3) is 0 Å². The molecule has 1 heterocycles. The summed E-state index contributed by atoms with van der Waals surface area (Å²) >= 11 is 1.14. The van der Waals surface area contributed by atoms with Crippen LogP contribution in [0.2, 0.25) is 0 Å². The fraction of sp³-hybridized carbons (Fsp3) is 0.250. The van der Waals surface area contributed by atoms with Gasteiger partial charge in [-0.2, -0.15) is 0 Å². The number of halogens is 1. The molecule has 0 fully saturated rings. The number of aromatic nitrogens is 3. The van der Waals surface area contributed by atoms with E-state index in [2.05, 4.69) is 15.2 Å². The summed E-state index contributed by atoms with van der Waals surface area (Å²) in [5.41, 5.74) is 0.345. The molecule has 0 atom stereocenters. The number of hydrogen-bond acceptors (Lipinski definition) is 5. The van der Waals surface area contributed by atoms with E-state index in [0.29, 0.717) is 23.2 Å². The molecular formula is C12H12FN3O2S. The van der Waals surface area contributed by atoms with Gasteiger partial charge in [-0.1, -0.05) is 23.9 Å². The van der Waals surface area contributed by atoms with E-state index < -0.39 is 0 Å². The van der Waals surface area contributed by atoms with Gasteiger partial charge in [-0.05, 0) is 19.1 Å². The summed E-state index contributed by atoms with van der Waals surface area (Å²) in [5.74, 6) is -0.239. The number of rotatable bonds is 5. The standard InChI is InChI=1S/C12H12FN3O2S/c1-2-18-10(17)7-19-12-14-11(15-16-12)8-5-3-4-6-9(8)13/h3-6H,2,7H2,1H3,(H,14,15,16). The molecule has 2 aromatic rings. The van der Waals surface area contributed by atoms with Crippen LogP contribution < -0.4 is 0 Å². The summed E-state index contributed by atoms with van der Waals surface area (Å²) < 4.78 is 18.3. The molecule has 0 aliphatic rings. The highest BCUT2D eigenvalue weighted by Crippen LogP contribution is 2.21. The zero-order valence-corrected chi connectivity index (χ0v) is 11.0. The third kappa shape index (κ3) is 3.54. The van der Waals surface area contributed by atoms with Crippen molar-refractivity contribution in [2.24, 2.45) is 0 Å². The average molecular weight is 281 g/mol. The lowest BCUT2D eigenvalue weighted by molar-refractivity contribution is -0.139. The minimum atomic E-state index is -0.374. The Bertz CT molecular complexity index is 574. The highest BCUT2D eigenvalue weighted by atomic mass is 32.2. The topological polar surface area (TPSA) is 67.9 Å². The molecule has 1 aromatic carbocycles. The number of nitrogens with one attached hydrogen (secondary N) is 1. The Morgan fingerprint density at radius 2 is 2.26 bits per heavy atom. The summed E-state index contributed by atoms with van der Waals surface area (Å²) in [4.78, 5) is 15.3. The molecule has 1 aromatic heterocycles. The van der Waals surface area contributed by atoms with E-state index >= 15 is 0 Å². The highest BCUT2D eigenvalue weighted by molar-refractivity contribution is 7.99. The maximum atomic E-state index is 13.5. The lowest BCUT2D eigenvalue weighted by atomic mass is 10.2. The second-order valence-electron chi connectivity index (χ2n) is 3.54. The van der Waals surface area contributed by atoms with Crippen molar-refractivity contribution in [2.75, 3.05) is 12.4 Å². The second-order valence-corrected chi connectivity index (χ2v) is 4.48. The number of carbonyl (C=O) groups is 1. The van der Waals surface area contributed by atoms with E-state index in [-0.39, 0.29) is 17.5 Å². The summed E-state index contributed by atoms with van der Waals surface area (Å²) in [6.07, 6.45) is 0. The average Bonchev–Trinajstić information content (AvgIpc) is 2.86. The van der Waals surface area contributed by atoms with E-state index in [1.54, 1.807) is 25.1 Å². The molecule has 5 nitrogen and oxygen atoms in total. The Hall–Kier alpha value is -1.89. The van der Waals surface area contributed by atoms with Gasteiger partial charge >= 0.3 is 5.97 Å². The minimum Gasteiger partial charge on any atom is -0.465 e. The molecule has 2 rings (SSSR count). The monoisotopic (exact) mass is 281 g/mol. The minimum absolute atomic E-state index is 0.127. The first-order chi connectivity index (χ1) is 9.20. The number of nitrogens with zero attached hydrogens (tertiary/aromatic N) is 2. The third-order valence-corrected chi connectivity index (χ3v) is 3.04. The first-order valence-electron chi connectivity index (χ1n) is 5.66. The van der Waals surface area contributed by atoms with Gasteiger partial charge in [-0.15, -0.1) is 5.10 Å². The number of esters is 1. The van der Waals surface area contributed by atoms with Crippen LogP contribution in [0.5, 0.6) is 0 Å². The number of benzene rings is 1. The molecule has 19 heavy (non-hydrogen) atoms. The fourth-order valence-electron chi connectivity index (χ4n) is 1.41. The van der Waals surface area contributed by atoms with Gasteiger partial charge in [0.2, 0.25) is 5.16 Å². The van der Waals surface area contributed by atoms with Crippen molar-refractivity contribution in [1.82, 2.24) is 15.2 Å². The van der Waals surface area contributed by atoms with Crippen LogP contribution in [0.1, 0.15) is 6.92 Å². The molecule has 0 bridgehead atoms. The lowest BCUT2D eigenvalue weighted by Gasteiger charge is -1.98. The SMILES string of the molecule is CCOC(=O)CSc1n[nH]c(-c2ccccc2F)n1. The van der Waals surface area contributed by atoms with Gasteiger partial charge in [0.1, 0.15) is 5.82 Å². The summed E-state index contributed by atoms with van der Waals surface area (Å²) in [6, 6.07) is 6.27. The Balaban J connectivity index is 2.04. The largest absolute Gasteiger partial charge is 0.465 e. The number of H-pyrrole nitrogens is 1. The van der Waals surface area contributed by atoms with Crippen LogP contribution in [-0.4, -0.2) is 33.5 Å². The first-order valence-corrected chi connectivity index (χ1v) is 6.65. The van der Waals surface area contributed by atoms with Crippen LogP contribution >= 0.6 is 11.8 Å². The van der Waals surface area contributed by atoms with Crippen molar-refractivity contribution >= 4 is 17.7 Å². The Morgan fingerprint density at radius 1 is 1.47 bits per heavy atom. The Morgan fingerprint density at radius 3 is 3.00 bits per heavy atom. The first kappa shape index (κ1) is 13.5. The molecule has 0 aliphatic carbocycles. The number of carbonyl (C=O) groups excluding carboxylic acids is 1. The predicted octanol–water partition coefficient (Wildman–Crippen LogP) is 2.27. The van der Waals surface area contributed by atoms with E-state index in [9.17, 15) is 9.18 Å². The molecule has 0 spiro atoms. The molecule has 0 unspecified atom stereocenters. The molecule has 0 aliphatic heterocycles. The van der Waals surface area contributed by atoms with Crippen molar-refractivity contribution in [3.05, 3.63) is 30.1 Å². The summed E-state index contributed by atoms with van der Waals surface area (Å²) in [6.45, 7) is 2.08. The molecular weight excluding hydrogens is 269 g/mol. The van der Waals surface area contributed by atoms with E-state index in [0.717, 1.165) is 11.8 Å². The normalized spacial score (nSPS) is 10.4. The van der Waals surface area contributed by atoms with Crippen molar-refractivity contribution < 1.29 is 13.9 Å². The van der Waals surface area contributed by atoms with Gasteiger partial charge in [-0.3, -0.25) is 9.89 Å². The van der Waals surface area contributed by atoms with Crippen LogP contribution in [0, 0.1) is 5.82 Å². The zero-order valence-electron chi connectivity index (χ0n) is 10.2. The van der Waals surface area contributed by atoms with Gasteiger partial charge in [0.15, 0.2) is 5.82 Å². The van der Waals surface area contributed by atoms with E-state index in [4.69, 9.17) is 4.74 Å². The maximum Gasteiger partial charge on any atom is 0.316 e. The Labute approximate surface area is 113 Å². The predicted molar refractivity (Wildman–Crippen MR) is 69.1 cm³/mol.